The van der Waals surface area contributed by atoms with Gasteiger partial charge in [0.15, 0.2) is 0 Å². The van der Waals surface area contributed by atoms with Crippen LogP contribution in [0.3, 0.4) is 0 Å². The Kier molecular flexibility index (Phi) is 5.31. The molecule has 0 aliphatic heterocycles. The van der Waals surface area contributed by atoms with Crippen molar-refractivity contribution in [2.24, 2.45) is 5.73 Å². The molecular weight excluding hydrogens is 317 g/mol. The molecule has 0 aromatic heterocycles. The van der Waals surface area contributed by atoms with E-state index in [9.17, 15) is 4.39 Å². The quantitative estimate of drug-likeness (QED) is 0.718. The van der Waals surface area contributed by atoms with Crippen molar-refractivity contribution in [2.45, 2.75) is 13.2 Å². The maximum atomic E-state index is 14.1. The van der Waals surface area contributed by atoms with E-state index in [1.165, 1.54) is 6.07 Å². The second kappa shape index (κ2) is 7.81. The smallest absolute Gasteiger partial charge is 0.133 e. The van der Waals surface area contributed by atoms with E-state index >= 15 is 0 Å². The minimum absolute atomic E-state index is 0.281. The summed E-state index contributed by atoms with van der Waals surface area (Å²) in [7, 11) is 1.58. The summed E-state index contributed by atoms with van der Waals surface area (Å²) in [5.74, 6) is 1.08. The molecule has 0 radical (unpaired) electrons. The minimum Gasteiger partial charge on any atom is -0.496 e. The van der Waals surface area contributed by atoms with E-state index in [1.807, 2.05) is 42.5 Å². The fraction of sp³-hybridized carbons (Fsp3) is 0.143. The van der Waals surface area contributed by atoms with Gasteiger partial charge in [0.1, 0.15) is 23.9 Å². The molecule has 25 heavy (non-hydrogen) atoms. The van der Waals surface area contributed by atoms with Gasteiger partial charge in [0, 0.05) is 23.2 Å². The van der Waals surface area contributed by atoms with Crippen LogP contribution < -0.4 is 15.2 Å². The van der Waals surface area contributed by atoms with Crippen LogP contribution in [-0.2, 0) is 13.2 Å². The average Bonchev–Trinajstić information content (AvgIpc) is 2.67. The Morgan fingerprint density at radius 2 is 1.60 bits per heavy atom. The van der Waals surface area contributed by atoms with E-state index < -0.39 is 0 Å². The van der Waals surface area contributed by atoms with Gasteiger partial charge < -0.3 is 15.2 Å². The molecule has 3 rings (SSSR count). The first-order chi connectivity index (χ1) is 12.2. The standard InChI is InChI=1S/C21H20FNO2/c1-24-21-16(14-25-17-11-9-15(13-23)10-12-17)5-4-7-19(21)18-6-2-3-8-20(18)22/h2-12H,13-14,23H2,1H3. The van der Waals surface area contributed by atoms with Crippen molar-refractivity contribution < 1.29 is 13.9 Å². The number of rotatable bonds is 6. The molecule has 4 heteroatoms. The lowest BCUT2D eigenvalue weighted by Gasteiger charge is -2.15. The van der Waals surface area contributed by atoms with Gasteiger partial charge in [-0.05, 0) is 23.8 Å². The number of halogens is 1. The molecule has 128 valence electrons. The van der Waals surface area contributed by atoms with Crippen LogP contribution in [0.25, 0.3) is 11.1 Å². The predicted octanol–water partition coefficient (Wildman–Crippen LogP) is 4.54. The summed E-state index contributed by atoms with van der Waals surface area (Å²) >= 11 is 0. The molecule has 3 nitrogen and oxygen atoms in total. The third-order valence-electron chi connectivity index (χ3n) is 4.02. The Bertz CT molecular complexity index is 847. The summed E-state index contributed by atoms with van der Waals surface area (Å²) in [6.45, 7) is 0.826. The van der Waals surface area contributed by atoms with Crippen molar-refractivity contribution in [2.75, 3.05) is 7.11 Å². The lowest BCUT2D eigenvalue weighted by atomic mass is 10.0. The number of hydrogen-bond acceptors (Lipinski definition) is 3. The molecule has 0 heterocycles. The normalized spacial score (nSPS) is 10.5. The van der Waals surface area contributed by atoms with E-state index in [0.29, 0.717) is 30.0 Å². The van der Waals surface area contributed by atoms with E-state index in [2.05, 4.69) is 0 Å². The number of para-hydroxylation sites is 1. The molecule has 0 aliphatic carbocycles. The topological polar surface area (TPSA) is 44.5 Å². The highest BCUT2D eigenvalue weighted by Crippen LogP contribution is 2.35. The van der Waals surface area contributed by atoms with Crippen LogP contribution in [0.1, 0.15) is 11.1 Å². The maximum absolute atomic E-state index is 14.1. The molecule has 0 bridgehead atoms. The number of benzene rings is 3. The van der Waals surface area contributed by atoms with Crippen LogP contribution in [0.5, 0.6) is 11.5 Å². The Balaban J connectivity index is 1.86. The summed E-state index contributed by atoms with van der Waals surface area (Å²) in [6.07, 6.45) is 0. The van der Waals surface area contributed by atoms with Crippen molar-refractivity contribution >= 4 is 0 Å². The summed E-state index contributed by atoms with van der Waals surface area (Å²) in [4.78, 5) is 0. The Morgan fingerprint density at radius 3 is 2.28 bits per heavy atom. The van der Waals surface area contributed by atoms with Gasteiger partial charge in [-0.1, -0.05) is 48.5 Å². The van der Waals surface area contributed by atoms with Gasteiger partial charge in [-0.25, -0.2) is 4.39 Å². The third kappa shape index (κ3) is 3.80. The van der Waals surface area contributed by atoms with Gasteiger partial charge in [0.2, 0.25) is 0 Å². The SMILES string of the molecule is COc1c(COc2ccc(CN)cc2)cccc1-c1ccccc1F. The lowest BCUT2D eigenvalue weighted by molar-refractivity contribution is 0.297. The zero-order valence-corrected chi connectivity index (χ0v) is 14.0. The minimum atomic E-state index is -0.281. The highest BCUT2D eigenvalue weighted by Gasteiger charge is 2.14. The van der Waals surface area contributed by atoms with E-state index in [4.69, 9.17) is 15.2 Å². The molecule has 0 saturated carbocycles. The van der Waals surface area contributed by atoms with Gasteiger partial charge in [-0.2, -0.15) is 0 Å². The van der Waals surface area contributed by atoms with Crippen LogP contribution in [0, 0.1) is 5.82 Å². The number of hydrogen-bond donors (Lipinski definition) is 1. The third-order valence-corrected chi connectivity index (χ3v) is 4.02. The zero-order valence-electron chi connectivity index (χ0n) is 14.0. The maximum Gasteiger partial charge on any atom is 0.133 e. The Morgan fingerprint density at radius 1 is 0.880 bits per heavy atom. The number of ether oxygens (including phenoxy) is 2. The van der Waals surface area contributed by atoms with Gasteiger partial charge >= 0.3 is 0 Å². The number of methoxy groups -OCH3 is 1. The fourth-order valence-electron chi connectivity index (χ4n) is 2.71. The largest absolute Gasteiger partial charge is 0.496 e. The Hall–Kier alpha value is -2.85. The van der Waals surface area contributed by atoms with Crippen LogP contribution in [-0.4, -0.2) is 7.11 Å². The van der Waals surface area contributed by atoms with Gasteiger partial charge in [0.05, 0.1) is 7.11 Å². The van der Waals surface area contributed by atoms with Crippen molar-refractivity contribution in [3.63, 3.8) is 0 Å². The molecule has 2 N–H and O–H groups in total. The molecule has 0 amide bonds. The monoisotopic (exact) mass is 337 g/mol. The molecular formula is C21H20FNO2. The van der Waals surface area contributed by atoms with E-state index in [-0.39, 0.29) is 5.82 Å². The van der Waals surface area contributed by atoms with Gasteiger partial charge in [0.25, 0.3) is 0 Å². The molecule has 3 aromatic rings. The number of nitrogens with two attached hydrogens (primary N) is 1. The molecule has 0 aliphatic rings. The first-order valence-corrected chi connectivity index (χ1v) is 8.05. The van der Waals surface area contributed by atoms with Crippen LogP contribution in [0.4, 0.5) is 4.39 Å². The molecule has 0 fully saturated rings. The summed E-state index contributed by atoms with van der Waals surface area (Å²) < 4.78 is 25.5. The highest BCUT2D eigenvalue weighted by atomic mass is 19.1. The first kappa shape index (κ1) is 17.0. The second-order valence-corrected chi connectivity index (χ2v) is 5.61. The van der Waals surface area contributed by atoms with Gasteiger partial charge in [-0.3, -0.25) is 0 Å². The predicted molar refractivity (Wildman–Crippen MR) is 97.1 cm³/mol. The van der Waals surface area contributed by atoms with E-state index in [0.717, 1.165) is 16.9 Å². The summed E-state index contributed by atoms with van der Waals surface area (Å²) in [6, 6.07) is 19.9. The van der Waals surface area contributed by atoms with Crippen molar-refractivity contribution in [1.29, 1.82) is 0 Å². The van der Waals surface area contributed by atoms with Crippen molar-refractivity contribution in [3.05, 3.63) is 83.7 Å². The molecule has 0 unspecified atom stereocenters. The summed E-state index contributed by atoms with van der Waals surface area (Å²) in [5.41, 5.74) is 8.72. The van der Waals surface area contributed by atoms with Crippen LogP contribution in [0.2, 0.25) is 0 Å². The van der Waals surface area contributed by atoms with Crippen molar-refractivity contribution in [1.82, 2.24) is 0 Å². The summed E-state index contributed by atoms with van der Waals surface area (Å²) in [5, 5.41) is 0. The molecule has 0 spiro atoms. The van der Waals surface area contributed by atoms with Gasteiger partial charge in [-0.15, -0.1) is 0 Å². The first-order valence-electron chi connectivity index (χ1n) is 8.05. The molecule has 3 aromatic carbocycles. The van der Waals surface area contributed by atoms with Crippen LogP contribution in [0.15, 0.2) is 66.7 Å². The Labute approximate surface area is 146 Å². The molecule has 0 saturated heterocycles. The fourth-order valence-corrected chi connectivity index (χ4v) is 2.71. The zero-order chi connectivity index (χ0) is 17.6. The van der Waals surface area contributed by atoms with E-state index in [1.54, 1.807) is 25.3 Å². The second-order valence-electron chi connectivity index (χ2n) is 5.61. The average molecular weight is 337 g/mol. The van der Waals surface area contributed by atoms with Crippen molar-refractivity contribution in [3.8, 4) is 22.6 Å². The molecule has 0 atom stereocenters. The lowest BCUT2D eigenvalue weighted by Crippen LogP contribution is -2.01. The van der Waals surface area contributed by atoms with Crippen LogP contribution >= 0.6 is 0 Å². The highest BCUT2D eigenvalue weighted by molar-refractivity contribution is 5.72.